The number of aromatic nitrogens is 1. The third kappa shape index (κ3) is 3.94. The molecule has 1 N–H and O–H groups in total. The molecule has 0 radical (unpaired) electrons. The molecule has 1 aromatic heterocycles. The molecule has 0 saturated heterocycles. The Morgan fingerprint density at radius 1 is 1.37 bits per heavy atom. The van der Waals surface area contributed by atoms with Crippen LogP contribution in [-0.4, -0.2) is 22.3 Å². The van der Waals surface area contributed by atoms with Gasteiger partial charge in [-0.25, -0.2) is 0 Å². The van der Waals surface area contributed by atoms with Gasteiger partial charge in [0.2, 0.25) is 5.91 Å². The lowest BCUT2D eigenvalue weighted by atomic mass is 10.1. The average molecular weight is 262 g/mol. The monoisotopic (exact) mass is 262 g/mol. The number of nitrogens with one attached hydrogen (secondary N) is 1. The van der Waals surface area contributed by atoms with Gasteiger partial charge in [0.15, 0.2) is 5.78 Å². The summed E-state index contributed by atoms with van der Waals surface area (Å²) in [4.78, 5) is 23.6. The van der Waals surface area contributed by atoms with E-state index in [1.807, 2.05) is 6.92 Å². The number of Topliss-reactive ketones (excluding diaryl/α,β-unsaturated/α-hetero) is 1. The Bertz CT molecular complexity index is 445. The van der Waals surface area contributed by atoms with E-state index in [-0.39, 0.29) is 11.7 Å². The summed E-state index contributed by atoms with van der Waals surface area (Å²) >= 11 is 0. The largest absolute Gasteiger partial charge is 0.352 e. The predicted octanol–water partition coefficient (Wildman–Crippen LogP) is 2.53. The number of amides is 1. The Labute approximate surface area is 114 Å². The number of hydrogen-bond donors (Lipinski definition) is 1. The van der Waals surface area contributed by atoms with Crippen LogP contribution in [0, 0.1) is 0 Å². The minimum atomic E-state index is 0.0389. The third-order valence-corrected chi connectivity index (χ3v) is 3.60. The predicted molar refractivity (Wildman–Crippen MR) is 74.1 cm³/mol. The van der Waals surface area contributed by atoms with E-state index in [1.54, 1.807) is 23.0 Å². The minimum absolute atomic E-state index is 0.0389. The molecular formula is C15H22N2O2. The molecule has 1 heterocycles. The second-order valence-electron chi connectivity index (χ2n) is 5.29. The van der Waals surface area contributed by atoms with Crippen LogP contribution < -0.4 is 5.32 Å². The second kappa shape index (κ2) is 6.55. The smallest absolute Gasteiger partial charge is 0.240 e. The number of hydrogen-bond acceptors (Lipinski definition) is 2. The fraction of sp³-hybridized carbons (Fsp3) is 0.600. The highest BCUT2D eigenvalue weighted by molar-refractivity contribution is 5.95. The third-order valence-electron chi connectivity index (χ3n) is 3.60. The Morgan fingerprint density at radius 3 is 2.79 bits per heavy atom. The van der Waals surface area contributed by atoms with Crippen LogP contribution >= 0.6 is 0 Å². The highest BCUT2D eigenvalue weighted by Crippen LogP contribution is 2.17. The molecule has 1 aliphatic carbocycles. The highest BCUT2D eigenvalue weighted by atomic mass is 16.2. The standard InChI is InChI=1S/C15H22N2O2/c1-2-5-14(18)12-8-9-17(10-12)11-15(19)16-13-6-3-4-7-13/h8-10,13H,2-7,11H2,1H3,(H,16,19). The van der Waals surface area contributed by atoms with Crippen molar-refractivity contribution in [3.63, 3.8) is 0 Å². The summed E-state index contributed by atoms with van der Waals surface area (Å²) in [6.07, 6.45) is 9.61. The molecule has 0 aliphatic heterocycles. The Kier molecular flexibility index (Phi) is 4.77. The van der Waals surface area contributed by atoms with Crippen LogP contribution in [0.25, 0.3) is 0 Å². The summed E-state index contributed by atoms with van der Waals surface area (Å²) in [5.41, 5.74) is 0.704. The van der Waals surface area contributed by atoms with E-state index >= 15 is 0 Å². The van der Waals surface area contributed by atoms with Gasteiger partial charge in [0.05, 0.1) is 0 Å². The first-order valence-corrected chi connectivity index (χ1v) is 7.17. The van der Waals surface area contributed by atoms with Crippen LogP contribution in [-0.2, 0) is 11.3 Å². The van der Waals surface area contributed by atoms with Gasteiger partial charge in [-0.15, -0.1) is 0 Å². The van der Waals surface area contributed by atoms with E-state index < -0.39 is 0 Å². The van der Waals surface area contributed by atoms with Crippen LogP contribution in [0.1, 0.15) is 55.8 Å². The SMILES string of the molecule is CCCC(=O)c1ccn(CC(=O)NC2CCCC2)c1. The van der Waals surface area contributed by atoms with Crippen molar-refractivity contribution in [1.82, 2.24) is 9.88 Å². The van der Waals surface area contributed by atoms with Crippen molar-refractivity contribution in [2.45, 2.75) is 58.0 Å². The summed E-state index contributed by atoms with van der Waals surface area (Å²) in [5, 5.41) is 3.05. The number of ketones is 1. The quantitative estimate of drug-likeness (QED) is 0.801. The van der Waals surface area contributed by atoms with Gasteiger partial charge in [0, 0.05) is 30.4 Å². The van der Waals surface area contributed by atoms with Crippen molar-refractivity contribution < 1.29 is 9.59 Å². The molecule has 0 spiro atoms. The lowest BCUT2D eigenvalue weighted by Crippen LogP contribution is -2.34. The van der Waals surface area contributed by atoms with E-state index in [1.165, 1.54) is 12.8 Å². The molecule has 1 amide bonds. The number of carbonyl (C=O) groups excluding carboxylic acids is 2. The topological polar surface area (TPSA) is 51.1 Å². The zero-order chi connectivity index (χ0) is 13.7. The zero-order valence-corrected chi connectivity index (χ0v) is 11.5. The maximum Gasteiger partial charge on any atom is 0.240 e. The second-order valence-corrected chi connectivity index (χ2v) is 5.29. The van der Waals surface area contributed by atoms with Crippen LogP contribution in [0.3, 0.4) is 0 Å². The van der Waals surface area contributed by atoms with Gasteiger partial charge in [0.25, 0.3) is 0 Å². The van der Waals surface area contributed by atoms with Gasteiger partial charge in [-0.2, -0.15) is 0 Å². The lowest BCUT2D eigenvalue weighted by molar-refractivity contribution is -0.122. The molecule has 0 atom stereocenters. The van der Waals surface area contributed by atoms with Gasteiger partial charge in [-0.1, -0.05) is 19.8 Å². The fourth-order valence-corrected chi connectivity index (χ4v) is 2.58. The summed E-state index contributed by atoms with van der Waals surface area (Å²) in [7, 11) is 0. The lowest BCUT2D eigenvalue weighted by Gasteiger charge is -2.12. The van der Waals surface area contributed by atoms with Crippen molar-refractivity contribution in [3.05, 3.63) is 24.0 Å². The van der Waals surface area contributed by atoms with Gasteiger partial charge < -0.3 is 9.88 Å². The number of nitrogens with zero attached hydrogens (tertiary/aromatic N) is 1. The molecule has 19 heavy (non-hydrogen) atoms. The molecule has 0 bridgehead atoms. The molecule has 4 nitrogen and oxygen atoms in total. The first kappa shape index (κ1) is 13.8. The fourth-order valence-electron chi connectivity index (χ4n) is 2.58. The first-order chi connectivity index (χ1) is 9.19. The molecule has 0 aromatic carbocycles. The van der Waals surface area contributed by atoms with E-state index in [9.17, 15) is 9.59 Å². The van der Waals surface area contributed by atoms with E-state index in [4.69, 9.17) is 0 Å². The highest BCUT2D eigenvalue weighted by Gasteiger charge is 2.17. The van der Waals surface area contributed by atoms with Gasteiger partial charge >= 0.3 is 0 Å². The van der Waals surface area contributed by atoms with Crippen LogP contribution in [0.2, 0.25) is 0 Å². The van der Waals surface area contributed by atoms with Crippen LogP contribution in [0.5, 0.6) is 0 Å². The molecule has 1 aliphatic rings. The number of rotatable bonds is 6. The molecule has 1 fully saturated rings. The van der Waals surface area contributed by atoms with Crippen molar-refractivity contribution in [3.8, 4) is 0 Å². The van der Waals surface area contributed by atoms with Crippen molar-refractivity contribution in [1.29, 1.82) is 0 Å². The minimum Gasteiger partial charge on any atom is -0.352 e. The molecule has 1 aromatic rings. The molecule has 4 heteroatoms. The summed E-state index contributed by atoms with van der Waals surface area (Å²) in [5.74, 6) is 0.189. The number of carbonyl (C=O) groups is 2. The van der Waals surface area contributed by atoms with Gasteiger partial charge in [-0.05, 0) is 25.3 Å². The first-order valence-electron chi connectivity index (χ1n) is 7.17. The van der Waals surface area contributed by atoms with Crippen molar-refractivity contribution in [2.24, 2.45) is 0 Å². The van der Waals surface area contributed by atoms with E-state index in [2.05, 4.69) is 5.32 Å². The van der Waals surface area contributed by atoms with E-state index in [0.717, 1.165) is 19.3 Å². The Morgan fingerprint density at radius 2 is 2.11 bits per heavy atom. The van der Waals surface area contributed by atoms with Crippen molar-refractivity contribution in [2.75, 3.05) is 0 Å². The molecule has 0 unspecified atom stereocenters. The average Bonchev–Trinajstić information content (AvgIpc) is 3.00. The van der Waals surface area contributed by atoms with Crippen LogP contribution in [0.15, 0.2) is 18.5 Å². The maximum absolute atomic E-state index is 11.9. The van der Waals surface area contributed by atoms with E-state index in [0.29, 0.717) is 24.6 Å². The normalized spacial score (nSPS) is 15.6. The van der Waals surface area contributed by atoms with Gasteiger partial charge in [0.1, 0.15) is 6.54 Å². The summed E-state index contributed by atoms with van der Waals surface area (Å²) in [6.45, 7) is 2.29. The van der Waals surface area contributed by atoms with Gasteiger partial charge in [-0.3, -0.25) is 9.59 Å². The molecule has 104 valence electrons. The van der Waals surface area contributed by atoms with Crippen molar-refractivity contribution >= 4 is 11.7 Å². The summed E-state index contributed by atoms with van der Waals surface area (Å²) < 4.78 is 1.78. The van der Waals surface area contributed by atoms with Crippen LogP contribution in [0.4, 0.5) is 0 Å². The maximum atomic E-state index is 11.9. The zero-order valence-electron chi connectivity index (χ0n) is 11.5. The Hall–Kier alpha value is -1.58. The molecular weight excluding hydrogens is 240 g/mol. The summed E-state index contributed by atoms with van der Waals surface area (Å²) in [6, 6.07) is 2.14. The molecule has 1 saturated carbocycles. The Balaban J connectivity index is 1.85. The molecule has 2 rings (SSSR count).